The van der Waals surface area contributed by atoms with Gasteiger partial charge in [0.05, 0.1) is 0 Å². The molecule has 0 bridgehead atoms. The molecule has 0 saturated heterocycles. The summed E-state index contributed by atoms with van der Waals surface area (Å²) < 4.78 is 0. The molecule has 0 aliphatic carbocycles. The Balaban J connectivity index is -0.0000000533. The second-order valence-electron chi connectivity index (χ2n) is 1.64. The first-order valence-electron chi connectivity index (χ1n) is 2.31. The number of likely N-dealkylation sites (N-methyl/N-ethyl adjacent to an activating group) is 1. The van der Waals surface area contributed by atoms with E-state index in [1.165, 1.54) is 7.05 Å². The quantitative estimate of drug-likeness (QED) is 0.241. The van der Waals surface area contributed by atoms with Crippen molar-refractivity contribution in [1.82, 2.24) is 4.90 Å². The number of guanidine groups is 1. The van der Waals surface area contributed by atoms with Crippen molar-refractivity contribution in [2.75, 3.05) is 13.6 Å². The first-order valence-corrected chi connectivity index (χ1v) is 2.31. The predicted octanol–water partition coefficient (Wildman–Crippen LogP) is -6.87. The molecule has 0 fully saturated rings. The van der Waals surface area contributed by atoms with Gasteiger partial charge in [-0.3, -0.25) is 10.2 Å². The maximum absolute atomic E-state index is 9.92. The fraction of sp³-hybridized carbons (Fsp3) is 0.500. The van der Waals surface area contributed by atoms with Crippen molar-refractivity contribution in [3.63, 3.8) is 0 Å². The van der Waals surface area contributed by atoms with Crippen molar-refractivity contribution in [3.8, 4) is 0 Å². The Kier molecular flexibility index (Phi) is 17.2. The number of nitrogens with zero attached hydrogens (tertiary/aromatic N) is 1. The Labute approximate surface area is 153 Å². The van der Waals surface area contributed by atoms with Gasteiger partial charge >= 0.3 is 109 Å². The van der Waals surface area contributed by atoms with Crippen LogP contribution in [0.25, 0.3) is 0 Å². The van der Waals surface area contributed by atoms with E-state index in [2.05, 4.69) is 0 Å². The van der Waals surface area contributed by atoms with E-state index < -0.39 is 5.97 Å². The molecule has 0 radical (unpaired) electrons. The summed E-state index contributed by atoms with van der Waals surface area (Å²) >= 11 is 0. The molecule has 4 N–H and O–H groups in total. The molecule has 0 amide bonds. The van der Waals surface area contributed by atoms with Gasteiger partial charge in [-0.1, -0.05) is 0 Å². The van der Waals surface area contributed by atoms with E-state index >= 15 is 0 Å². The van der Waals surface area contributed by atoms with E-state index in [0.717, 1.165) is 4.90 Å². The molecule has 0 saturated carbocycles. The molecule has 0 rings (SSSR count). The molecular formula is C4H11K2N3O2. The third-order valence-corrected chi connectivity index (χ3v) is 0.784. The molecule has 0 aromatic carbocycles. The summed E-state index contributed by atoms with van der Waals surface area (Å²) in [4.78, 5) is 11.0. The second-order valence-corrected chi connectivity index (χ2v) is 1.64. The average Bonchev–Trinajstić information content (AvgIpc) is 1.63. The maximum Gasteiger partial charge on any atom is 1.00 e. The molecular weight excluding hydrogens is 200 g/mol. The molecule has 0 aromatic rings. The number of carboxylic acids is 1. The molecule has 0 unspecified atom stereocenters. The van der Waals surface area contributed by atoms with E-state index in [1.54, 1.807) is 0 Å². The summed E-state index contributed by atoms with van der Waals surface area (Å²) in [6.45, 7) is -0.227. The van der Waals surface area contributed by atoms with Gasteiger partial charge in [0.25, 0.3) is 0 Å². The molecule has 56 valence electrons. The first-order chi connectivity index (χ1) is 4.04. The standard InChI is InChI=1S/C4H9N3O2.2K.2H/c1-7(4(5)6)2-3(8)9;;;;/h2H2,1H3,(H3,5,6)(H,8,9);;;;/q;2*+1;2*-1. The van der Waals surface area contributed by atoms with Crippen LogP contribution in [0.3, 0.4) is 0 Å². The zero-order valence-electron chi connectivity index (χ0n) is 9.09. The van der Waals surface area contributed by atoms with Crippen molar-refractivity contribution in [3.05, 3.63) is 0 Å². The fourth-order valence-corrected chi connectivity index (χ4v) is 0.288. The third-order valence-electron chi connectivity index (χ3n) is 0.784. The van der Waals surface area contributed by atoms with Gasteiger partial charge in [0, 0.05) is 7.05 Å². The van der Waals surface area contributed by atoms with Gasteiger partial charge in [-0.25, -0.2) is 0 Å². The number of nitrogens with two attached hydrogens (primary N) is 1. The van der Waals surface area contributed by atoms with Crippen LogP contribution in [0, 0.1) is 5.41 Å². The van der Waals surface area contributed by atoms with Gasteiger partial charge in [-0.2, -0.15) is 0 Å². The first kappa shape index (κ1) is 18.7. The van der Waals surface area contributed by atoms with E-state index in [0.29, 0.717) is 0 Å². The minimum Gasteiger partial charge on any atom is -1.00 e. The van der Waals surface area contributed by atoms with Crippen LogP contribution in [-0.2, 0) is 4.79 Å². The largest absolute Gasteiger partial charge is 1.00 e. The van der Waals surface area contributed by atoms with Crippen molar-refractivity contribution in [2.24, 2.45) is 5.73 Å². The summed E-state index contributed by atoms with van der Waals surface area (Å²) in [5.41, 5.74) is 4.93. The number of carbonyl (C=O) groups is 1. The zero-order valence-corrected chi connectivity index (χ0v) is 13.3. The monoisotopic (exact) mass is 211 g/mol. The number of carboxylic acid groups (broad SMARTS) is 1. The molecule has 7 heteroatoms. The molecule has 0 aliphatic rings. The van der Waals surface area contributed by atoms with E-state index in [4.69, 9.17) is 16.2 Å². The van der Waals surface area contributed by atoms with Crippen LogP contribution in [0.5, 0.6) is 0 Å². The fourth-order valence-electron chi connectivity index (χ4n) is 0.288. The number of nitrogens with one attached hydrogen (secondary N) is 1. The number of hydrogen-bond donors (Lipinski definition) is 3. The Bertz CT molecular complexity index is 149. The summed E-state index contributed by atoms with van der Waals surface area (Å²) in [7, 11) is 1.44. The number of hydrogen-bond acceptors (Lipinski definition) is 2. The van der Waals surface area contributed by atoms with Gasteiger partial charge in [-0.15, -0.1) is 0 Å². The third kappa shape index (κ3) is 12.0. The van der Waals surface area contributed by atoms with Crippen molar-refractivity contribution in [2.45, 2.75) is 0 Å². The zero-order chi connectivity index (χ0) is 7.44. The van der Waals surface area contributed by atoms with Crippen LogP contribution in [0.1, 0.15) is 2.85 Å². The average molecular weight is 211 g/mol. The Morgan fingerprint density at radius 1 is 1.73 bits per heavy atom. The molecule has 0 spiro atoms. The normalized spacial score (nSPS) is 7.00. The molecule has 0 aliphatic heterocycles. The van der Waals surface area contributed by atoms with Crippen molar-refractivity contribution >= 4 is 11.9 Å². The summed E-state index contributed by atoms with van der Waals surface area (Å²) in [5.74, 6) is -1.23. The number of rotatable bonds is 2. The van der Waals surface area contributed by atoms with Crippen molar-refractivity contribution in [1.29, 1.82) is 5.41 Å². The Morgan fingerprint density at radius 3 is 2.18 bits per heavy atom. The summed E-state index contributed by atoms with van der Waals surface area (Å²) in [6, 6.07) is 0. The topological polar surface area (TPSA) is 90.4 Å². The van der Waals surface area contributed by atoms with Gasteiger partial charge in [0.2, 0.25) is 0 Å². The van der Waals surface area contributed by atoms with E-state index in [1.807, 2.05) is 0 Å². The summed E-state index contributed by atoms with van der Waals surface area (Å²) in [6.07, 6.45) is 0. The summed E-state index contributed by atoms with van der Waals surface area (Å²) in [5, 5.41) is 14.9. The molecule has 0 aromatic heterocycles. The second kappa shape index (κ2) is 10.1. The van der Waals surface area contributed by atoms with E-state index in [-0.39, 0.29) is 118 Å². The Morgan fingerprint density at radius 2 is 2.09 bits per heavy atom. The SMILES string of the molecule is CN(CC(=O)O)C(=N)N.[H-].[H-].[K+].[K+]. The predicted molar refractivity (Wildman–Crippen MR) is 34.4 cm³/mol. The molecule has 0 atom stereocenters. The van der Waals surface area contributed by atoms with Crippen LogP contribution in [0.2, 0.25) is 0 Å². The molecule has 0 heterocycles. The van der Waals surface area contributed by atoms with Crippen molar-refractivity contribution < 1.29 is 116 Å². The van der Waals surface area contributed by atoms with Crippen LogP contribution in [0.4, 0.5) is 0 Å². The maximum atomic E-state index is 9.92. The molecule has 5 nitrogen and oxygen atoms in total. The van der Waals surface area contributed by atoms with E-state index in [9.17, 15) is 4.79 Å². The van der Waals surface area contributed by atoms with Gasteiger partial charge in [0.1, 0.15) is 6.54 Å². The minimum absolute atomic E-state index is 0. The van der Waals surface area contributed by atoms with Gasteiger partial charge < -0.3 is 18.6 Å². The molecule has 11 heavy (non-hydrogen) atoms. The van der Waals surface area contributed by atoms with Crippen LogP contribution < -0.4 is 109 Å². The van der Waals surface area contributed by atoms with Gasteiger partial charge in [-0.05, 0) is 0 Å². The van der Waals surface area contributed by atoms with Crippen LogP contribution in [0.15, 0.2) is 0 Å². The smallest absolute Gasteiger partial charge is 1.00 e. The van der Waals surface area contributed by atoms with Crippen LogP contribution >= 0.6 is 0 Å². The van der Waals surface area contributed by atoms with Gasteiger partial charge in [0.15, 0.2) is 5.96 Å². The Hall–Kier alpha value is 2.01. The minimum atomic E-state index is -0.993. The number of aliphatic carboxylic acids is 1. The van der Waals surface area contributed by atoms with Crippen LogP contribution in [-0.4, -0.2) is 35.5 Å².